The number of carbonyl (C=O) groups excluding carboxylic acids is 1. The molecular weight excluding hydrogens is 216 g/mol. The summed E-state index contributed by atoms with van der Waals surface area (Å²) in [5.41, 5.74) is 0.557. The Kier molecular flexibility index (Phi) is 5.53. The van der Waals surface area contributed by atoms with Gasteiger partial charge in [0.1, 0.15) is 5.75 Å². The zero-order valence-electron chi connectivity index (χ0n) is 10.7. The second-order valence-corrected chi connectivity index (χ2v) is 4.18. The Hall–Kier alpha value is -1.51. The van der Waals surface area contributed by atoms with Crippen LogP contribution in [0.4, 0.5) is 0 Å². The molecule has 1 aromatic rings. The number of hydrogen-bond donors (Lipinski definition) is 0. The van der Waals surface area contributed by atoms with Crippen molar-refractivity contribution in [2.75, 3.05) is 6.61 Å². The van der Waals surface area contributed by atoms with Crippen LogP contribution in [-0.4, -0.2) is 18.7 Å². The monoisotopic (exact) mass is 236 g/mol. The van der Waals surface area contributed by atoms with Gasteiger partial charge in [0.2, 0.25) is 0 Å². The number of esters is 1. The summed E-state index contributed by atoms with van der Waals surface area (Å²) in [6.45, 7) is 6.50. The van der Waals surface area contributed by atoms with E-state index in [0.29, 0.717) is 12.2 Å². The highest BCUT2D eigenvalue weighted by Crippen LogP contribution is 2.13. The Morgan fingerprint density at radius 1 is 1.24 bits per heavy atom. The molecule has 0 amide bonds. The Bertz CT molecular complexity index is 341. The molecule has 0 radical (unpaired) electrons. The quantitative estimate of drug-likeness (QED) is 0.560. The molecular formula is C14H20O3. The van der Waals surface area contributed by atoms with E-state index >= 15 is 0 Å². The molecule has 0 fully saturated rings. The van der Waals surface area contributed by atoms with Gasteiger partial charge >= 0.3 is 5.97 Å². The molecule has 0 heterocycles. The van der Waals surface area contributed by atoms with Gasteiger partial charge in [0.05, 0.1) is 18.3 Å². The molecule has 0 aliphatic heterocycles. The average molecular weight is 236 g/mol. The molecule has 0 spiro atoms. The molecule has 94 valence electrons. The summed E-state index contributed by atoms with van der Waals surface area (Å²) in [5, 5.41) is 0. The Labute approximate surface area is 103 Å². The van der Waals surface area contributed by atoms with Crippen LogP contribution in [0.2, 0.25) is 0 Å². The van der Waals surface area contributed by atoms with Crippen LogP contribution in [0.5, 0.6) is 5.75 Å². The Morgan fingerprint density at radius 3 is 2.41 bits per heavy atom. The normalized spacial score (nSPS) is 10.4. The molecule has 17 heavy (non-hydrogen) atoms. The largest absolute Gasteiger partial charge is 0.494 e. The molecule has 3 nitrogen and oxygen atoms in total. The predicted octanol–water partition coefficient (Wildman–Crippen LogP) is 3.43. The van der Waals surface area contributed by atoms with E-state index < -0.39 is 0 Å². The van der Waals surface area contributed by atoms with E-state index in [1.54, 1.807) is 24.3 Å². The van der Waals surface area contributed by atoms with E-state index in [9.17, 15) is 4.79 Å². The van der Waals surface area contributed by atoms with E-state index in [2.05, 4.69) is 6.92 Å². The van der Waals surface area contributed by atoms with E-state index in [-0.39, 0.29) is 12.1 Å². The highest BCUT2D eigenvalue weighted by Gasteiger charge is 2.08. The maximum absolute atomic E-state index is 11.6. The zero-order valence-corrected chi connectivity index (χ0v) is 10.7. The van der Waals surface area contributed by atoms with Gasteiger partial charge in [-0.2, -0.15) is 0 Å². The van der Waals surface area contributed by atoms with Gasteiger partial charge in [0, 0.05) is 0 Å². The van der Waals surface area contributed by atoms with Gasteiger partial charge in [-0.3, -0.25) is 0 Å². The first kappa shape index (κ1) is 13.6. The van der Waals surface area contributed by atoms with Gasteiger partial charge in [-0.25, -0.2) is 4.79 Å². The smallest absolute Gasteiger partial charge is 0.338 e. The number of carbonyl (C=O) groups is 1. The summed E-state index contributed by atoms with van der Waals surface area (Å²) in [4.78, 5) is 11.6. The number of unbranched alkanes of at least 4 members (excludes halogenated alkanes) is 1. The lowest BCUT2D eigenvalue weighted by atomic mass is 10.2. The summed E-state index contributed by atoms with van der Waals surface area (Å²) < 4.78 is 10.6. The minimum absolute atomic E-state index is 0.0945. The van der Waals surface area contributed by atoms with Crippen LogP contribution < -0.4 is 4.74 Å². The fourth-order valence-corrected chi connectivity index (χ4v) is 1.30. The van der Waals surface area contributed by atoms with Crippen molar-refractivity contribution >= 4 is 5.97 Å². The molecule has 0 saturated heterocycles. The van der Waals surface area contributed by atoms with Crippen molar-refractivity contribution < 1.29 is 14.3 Å². The fraction of sp³-hybridized carbons (Fsp3) is 0.500. The van der Waals surface area contributed by atoms with Gasteiger partial charge in [0.25, 0.3) is 0 Å². The molecule has 0 bridgehead atoms. The molecule has 0 saturated carbocycles. The number of ether oxygens (including phenoxy) is 2. The van der Waals surface area contributed by atoms with Crippen molar-refractivity contribution in [3.63, 3.8) is 0 Å². The molecule has 1 rings (SSSR count). The standard InChI is InChI=1S/C14H20O3/c1-4-5-10-16-13-8-6-12(7-9-13)14(15)17-11(2)3/h6-9,11H,4-5,10H2,1-3H3. The molecule has 3 heteroatoms. The van der Waals surface area contributed by atoms with Crippen molar-refractivity contribution in [1.82, 2.24) is 0 Å². The first-order valence-corrected chi connectivity index (χ1v) is 6.07. The minimum atomic E-state index is -0.292. The lowest BCUT2D eigenvalue weighted by molar-refractivity contribution is 0.0378. The van der Waals surface area contributed by atoms with E-state index in [4.69, 9.17) is 9.47 Å². The SMILES string of the molecule is CCCCOc1ccc(C(=O)OC(C)C)cc1. The zero-order chi connectivity index (χ0) is 12.7. The van der Waals surface area contributed by atoms with Crippen molar-refractivity contribution in [2.24, 2.45) is 0 Å². The van der Waals surface area contributed by atoms with E-state index in [1.807, 2.05) is 13.8 Å². The molecule has 0 atom stereocenters. The highest BCUT2D eigenvalue weighted by molar-refractivity contribution is 5.89. The van der Waals surface area contributed by atoms with Crippen LogP contribution in [0.1, 0.15) is 44.0 Å². The van der Waals surface area contributed by atoms with Crippen molar-refractivity contribution in [3.05, 3.63) is 29.8 Å². The third kappa shape index (κ3) is 4.89. The third-order valence-electron chi connectivity index (χ3n) is 2.20. The van der Waals surface area contributed by atoms with Crippen LogP contribution in [0.15, 0.2) is 24.3 Å². The van der Waals surface area contributed by atoms with Gasteiger partial charge in [0.15, 0.2) is 0 Å². The average Bonchev–Trinajstić information content (AvgIpc) is 2.29. The minimum Gasteiger partial charge on any atom is -0.494 e. The summed E-state index contributed by atoms with van der Waals surface area (Å²) >= 11 is 0. The molecule has 0 unspecified atom stereocenters. The van der Waals surface area contributed by atoms with Crippen molar-refractivity contribution in [2.45, 2.75) is 39.7 Å². The predicted molar refractivity (Wildman–Crippen MR) is 67.4 cm³/mol. The summed E-state index contributed by atoms with van der Waals surface area (Å²) in [5.74, 6) is 0.500. The third-order valence-corrected chi connectivity index (χ3v) is 2.20. The highest BCUT2D eigenvalue weighted by atomic mass is 16.5. The van der Waals surface area contributed by atoms with E-state index in [0.717, 1.165) is 18.6 Å². The topological polar surface area (TPSA) is 35.5 Å². The van der Waals surface area contributed by atoms with Crippen LogP contribution >= 0.6 is 0 Å². The fourth-order valence-electron chi connectivity index (χ4n) is 1.30. The second-order valence-electron chi connectivity index (χ2n) is 4.18. The first-order valence-electron chi connectivity index (χ1n) is 6.07. The second kappa shape index (κ2) is 6.94. The lowest BCUT2D eigenvalue weighted by Crippen LogP contribution is -2.11. The van der Waals surface area contributed by atoms with Crippen LogP contribution in [0.3, 0.4) is 0 Å². The van der Waals surface area contributed by atoms with Crippen LogP contribution in [0.25, 0.3) is 0 Å². The Balaban J connectivity index is 2.52. The maximum atomic E-state index is 11.6. The summed E-state index contributed by atoms with van der Waals surface area (Å²) in [6, 6.07) is 7.05. The maximum Gasteiger partial charge on any atom is 0.338 e. The molecule has 0 aliphatic carbocycles. The van der Waals surface area contributed by atoms with Crippen LogP contribution in [-0.2, 0) is 4.74 Å². The van der Waals surface area contributed by atoms with Gasteiger partial charge in [-0.05, 0) is 44.5 Å². The number of hydrogen-bond acceptors (Lipinski definition) is 3. The van der Waals surface area contributed by atoms with Crippen molar-refractivity contribution in [1.29, 1.82) is 0 Å². The molecule has 1 aromatic carbocycles. The molecule has 0 N–H and O–H groups in total. The summed E-state index contributed by atoms with van der Waals surface area (Å²) in [6.07, 6.45) is 2.05. The summed E-state index contributed by atoms with van der Waals surface area (Å²) in [7, 11) is 0. The lowest BCUT2D eigenvalue weighted by Gasteiger charge is -2.09. The van der Waals surface area contributed by atoms with Crippen LogP contribution in [0, 0.1) is 0 Å². The van der Waals surface area contributed by atoms with Gasteiger partial charge in [-0.1, -0.05) is 13.3 Å². The Morgan fingerprint density at radius 2 is 1.88 bits per heavy atom. The molecule has 0 aliphatic rings. The van der Waals surface area contributed by atoms with E-state index in [1.165, 1.54) is 0 Å². The number of rotatable bonds is 6. The van der Waals surface area contributed by atoms with Crippen molar-refractivity contribution in [3.8, 4) is 5.75 Å². The number of benzene rings is 1. The molecule has 0 aromatic heterocycles. The van der Waals surface area contributed by atoms with Gasteiger partial charge in [-0.15, -0.1) is 0 Å². The van der Waals surface area contributed by atoms with Gasteiger partial charge < -0.3 is 9.47 Å². The first-order chi connectivity index (χ1) is 8.13.